The van der Waals surface area contributed by atoms with E-state index in [0.29, 0.717) is 0 Å². The minimum atomic E-state index is -0.977. The van der Waals surface area contributed by atoms with Crippen molar-refractivity contribution in [1.29, 1.82) is 0 Å². The maximum atomic E-state index is 10.7. The molecule has 0 radical (unpaired) electrons. The van der Waals surface area contributed by atoms with Crippen LogP contribution in [0.15, 0.2) is 18.5 Å². The van der Waals surface area contributed by atoms with E-state index in [-0.39, 0.29) is 17.5 Å². The van der Waals surface area contributed by atoms with Gasteiger partial charge in [-0.2, -0.15) is 0 Å². The lowest BCUT2D eigenvalue weighted by atomic mass is 9.98. The first-order valence-corrected chi connectivity index (χ1v) is 4.46. The molecule has 0 spiro atoms. The Kier molecular flexibility index (Phi) is 3.19. The number of hydrogen-bond acceptors (Lipinski definition) is 3. The topological polar surface area (TPSA) is 76.2 Å². The second kappa shape index (κ2) is 4.19. The van der Waals surface area contributed by atoms with Crippen molar-refractivity contribution in [3.63, 3.8) is 0 Å². The summed E-state index contributed by atoms with van der Waals surface area (Å²) in [5.41, 5.74) is 6.82. The van der Waals surface area contributed by atoms with Crippen molar-refractivity contribution >= 4 is 5.97 Å². The smallest absolute Gasteiger partial charge is 0.337 e. The zero-order valence-electron chi connectivity index (χ0n) is 8.27. The normalized spacial score (nSPS) is 12.9. The molecule has 3 N–H and O–H groups in total. The molecule has 0 aliphatic heterocycles. The fourth-order valence-electron chi connectivity index (χ4n) is 1.14. The van der Waals surface area contributed by atoms with E-state index in [2.05, 4.69) is 4.98 Å². The summed E-state index contributed by atoms with van der Waals surface area (Å²) in [6, 6.07) is 1.40. The van der Waals surface area contributed by atoms with Crippen LogP contribution in [0.3, 0.4) is 0 Å². The number of rotatable bonds is 3. The van der Waals surface area contributed by atoms with E-state index in [1.165, 1.54) is 6.20 Å². The van der Waals surface area contributed by atoms with Crippen molar-refractivity contribution in [2.24, 2.45) is 11.7 Å². The Balaban J connectivity index is 2.99. The van der Waals surface area contributed by atoms with Gasteiger partial charge in [0.15, 0.2) is 0 Å². The Bertz CT molecular complexity index is 337. The summed E-state index contributed by atoms with van der Waals surface area (Å²) in [5.74, 6) is -0.712. The molecule has 0 saturated heterocycles. The Morgan fingerprint density at radius 1 is 1.50 bits per heavy atom. The highest BCUT2D eigenvalue weighted by atomic mass is 16.4. The highest BCUT2D eigenvalue weighted by Crippen LogP contribution is 2.18. The van der Waals surface area contributed by atoms with Gasteiger partial charge in [-0.15, -0.1) is 0 Å². The minimum Gasteiger partial charge on any atom is -0.478 e. The zero-order chi connectivity index (χ0) is 10.7. The van der Waals surface area contributed by atoms with Gasteiger partial charge in [0.2, 0.25) is 0 Å². The zero-order valence-corrected chi connectivity index (χ0v) is 8.27. The largest absolute Gasteiger partial charge is 0.478 e. The second-order valence-electron chi connectivity index (χ2n) is 3.58. The van der Waals surface area contributed by atoms with Gasteiger partial charge in [-0.1, -0.05) is 13.8 Å². The highest BCUT2D eigenvalue weighted by Gasteiger charge is 2.12. The van der Waals surface area contributed by atoms with Crippen LogP contribution in [0, 0.1) is 5.92 Å². The van der Waals surface area contributed by atoms with Gasteiger partial charge in [-0.05, 0) is 17.5 Å². The summed E-state index contributed by atoms with van der Waals surface area (Å²) in [4.78, 5) is 14.5. The van der Waals surface area contributed by atoms with Gasteiger partial charge in [0.1, 0.15) is 0 Å². The average molecular weight is 194 g/mol. The molecule has 76 valence electrons. The number of hydrogen-bond donors (Lipinski definition) is 2. The third-order valence-electron chi connectivity index (χ3n) is 2.11. The molecule has 0 bridgehead atoms. The quantitative estimate of drug-likeness (QED) is 0.763. The Morgan fingerprint density at radius 3 is 2.64 bits per heavy atom. The maximum absolute atomic E-state index is 10.7. The summed E-state index contributed by atoms with van der Waals surface area (Å²) in [6.45, 7) is 3.97. The third-order valence-corrected chi connectivity index (χ3v) is 2.11. The van der Waals surface area contributed by atoms with Crippen molar-refractivity contribution in [2.45, 2.75) is 19.9 Å². The van der Waals surface area contributed by atoms with Crippen LogP contribution in [0.1, 0.15) is 35.8 Å². The molecular formula is C10H14N2O2. The molecule has 0 fully saturated rings. The van der Waals surface area contributed by atoms with Crippen LogP contribution in [0.2, 0.25) is 0 Å². The van der Waals surface area contributed by atoms with Crippen LogP contribution in [0.5, 0.6) is 0 Å². The van der Waals surface area contributed by atoms with Gasteiger partial charge in [0, 0.05) is 18.4 Å². The van der Waals surface area contributed by atoms with Crippen molar-refractivity contribution in [3.05, 3.63) is 29.6 Å². The van der Waals surface area contributed by atoms with Crippen molar-refractivity contribution in [1.82, 2.24) is 4.98 Å². The molecule has 1 atom stereocenters. The number of pyridine rings is 1. The van der Waals surface area contributed by atoms with Crippen LogP contribution >= 0.6 is 0 Å². The Labute approximate surface area is 82.8 Å². The van der Waals surface area contributed by atoms with Crippen molar-refractivity contribution in [2.75, 3.05) is 0 Å². The van der Waals surface area contributed by atoms with E-state index in [0.717, 1.165) is 5.56 Å². The van der Waals surface area contributed by atoms with Crippen molar-refractivity contribution < 1.29 is 9.90 Å². The summed E-state index contributed by atoms with van der Waals surface area (Å²) in [5, 5.41) is 8.75. The molecule has 14 heavy (non-hydrogen) atoms. The molecule has 1 rings (SSSR count). The maximum Gasteiger partial charge on any atom is 0.337 e. The number of aromatic carboxylic acids is 1. The van der Waals surface area contributed by atoms with Gasteiger partial charge in [-0.25, -0.2) is 4.79 Å². The molecule has 4 heteroatoms. The number of nitrogens with zero attached hydrogens (tertiary/aromatic N) is 1. The lowest BCUT2D eigenvalue weighted by Crippen LogP contribution is -2.17. The van der Waals surface area contributed by atoms with E-state index >= 15 is 0 Å². The molecule has 1 heterocycles. The van der Waals surface area contributed by atoms with Crippen molar-refractivity contribution in [3.8, 4) is 0 Å². The molecule has 1 aromatic heterocycles. The first-order valence-electron chi connectivity index (χ1n) is 4.46. The summed E-state index contributed by atoms with van der Waals surface area (Å²) < 4.78 is 0. The fraction of sp³-hybridized carbons (Fsp3) is 0.400. The van der Waals surface area contributed by atoms with E-state index in [1.807, 2.05) is 13.8 Å². The SMILES string of the molecule is CC(C)[C@@H](N)c1cncc(C(=O)O)c1. The average Bonchev–Trinajstić information content (AvgIpc) is 2.16. The first kappa shape index (κ1) is 10.7. The number of aromatic nitrogens is 1. The molecule has 4 nitrogen and oxygen atoms in total. The summed E-state index contributed by atoms with van der Waals surface area (Å²) >= 11 is 0. The monoisotopic (exact) mass is 194 g/mol. The number of nitrogens with two attached hydrogens (primary N) is 1. The highest BCUT2D eigenvalue weighted by molar-refractivity contribution is 5.87. The Hall–Kier alpha value is -1.42. The summed E-state index contributed by atoms with van der Waals surface area (Å²) in [6.07, 6.45) is 2.93. The number of carboxylic acid groups (broad SMARTS) is 1. The molecule has 0 unspecified atom stereocenters. The Morgan fingerprint density at radius 2 is 2.14 bits per heavy atom. The molecular weight excluding hydrogens is 180 g/mol. The van der Waals surface area contributed by atoms with E-state index in [1.54, 1.807) is 12.3 Å². The molecule has 0 amide bonds. The van der Waals surface area contributed by atoms with E-state index in [9.17, 15) is 4.79 Å². The van der Waals surface area contributed by atoms with E-state index in [4.69, 9.17) is 10.8 Å². The van der Waals surface area contributed by atoms with Crippen LogP contribution in [-0.4, -0.2) is 16.1 Å². The third kappa shape index (κ3) is 2.29. The van der Waals surface area contributed by atoms with Gasteiger partial charge in [0.25, 0.3) is 0 Å². The van der Waals surface area contributed by atoms with Crippen LogP contribution in [0.25, 0.3) is 0 Å². The predicted molar refractivity (Wildman–Crippen MR) is 53.0 cm³/mol. The first-order chi connectivity index (χ1) is 6.52. The number of carbonyl (C=O) groups is 1. The van der Waals surface area contributed by atoms with Crippen LogP contribution in [-0.2, 0) is 0 Å². The molecule has 0 aromatic carbocycles. The molecule has 0 saturated carbocycles. The molecule has 0 aliphatic carbocycles. The standard InChI is InChI=1S/C10H14N2O2/c1-6(2)9(11)7-3-8(10(13)14)5-12-4-7/h3-6,9H,11H2,1-2H3,(H,13,14)/t9-/m1/s1. The molecule has 1 aromatic rings. The van der Waals surface area contributed by atoms with Gasteiger partial charge in [-0.3, -0.25) is 4.98 Å². The van der Waals surface area contributed by atoms with Crippen LogP contribution in [0.4, 0.5) is 0 Å². The molecule has 0 aliphatic rings. The van der Waals surface area contributed by atoms with Gasteiger partial charge < -0.3 is 10.8 Å². The van der Waals surface area contributed by atoms with E-state index < -0.39 is 5.97 Å². The lowest BCUT2D eigenvalue weighted by molar-refractivity contribution is 0.0696. The second-order valence-corrected chi connectivity index (χ2v) is 3.58. The summed E-state index contributed by atoms with van der Waals surface area (Å²) in [7, 11) is 0. The minimum absolute atomic E-state index is 0.165. The van der Waals surface area contributed by atoms with Gasteiger partial charge >= 0.3 is 5.97 Å². The fourth-order valence-corrected chi connectivity index (χ4v) is 1.14. The predicted octanol–water partition coefficient (Wildman–Crippen LogP) is 1.44. The lowest BCUT2D eigenvalue weighted by Gasteiger charge is -2.15. The van der Waals surface area contributed by atoms with Gasteiger partial charge in [0.05, 0.1) is 5.56 Å². The number of carboxylic acids is 1. The van der Waals surface area contributed by atoms with Crippen LogP contribution < -0.4 is 5.73 Å².